The Morgan fingerprint density at radius 2 is 1.96 bits per heavy atom. The first-order valence-corrected chi connectivity index (χ1v) is 8.41. The van der Waals surface area contributed by atoms with E-state index in [1.165, 1.54) is 4.57 Å². The Balaban J connectivity index is 2.28. The predicted molar refractivity (Wildman–Crippen MR) is 96.4 cm³/mol. The number of ether oxygens (including phenoxy) is 1. The zero-order valence-electron chi connectivity index (χ0n) is 13.5. The van der Waals surface area contributed by atoms with Gasteiger partial charge in [0.15, 0.2) is 0 Å². The third kappa shape index (κ3) is 2.89. The topological polar surface area (TPSA) is 53.2 Å². The van der Waals surface area contributed by atoms with Gasteiger partial charge in [-0.1, -0.05) is 30.3 Å². The lowest BCUT2D eigenvalue weighted by Gasteiger charge is -2.10. The number of aryl methyl sites for hydroxylation is 1. The molecule has 0 radical (unpaired) electrons. The van der Waals surface area contributed by atoms with E-state index in [1.807, 2.05) is 30.3 Å². The van der Waals surface area contributed by atoms with Crippen LogP contribution >= 0.6 is 15.9 Å². The molecule has 0 spiro atoms. The number of aromatic nitrogens is 2. The van der Waals surface area contributed by atoms with Crippen LogP contribution in [0.3, 0.4) is 0 Å². The van der Waals surface area contributed by atoms with Crippen molar-refractivity contribution in [2.45, 2.75) is 13.5 Å². The summed E-state index contributed by atoms with van der Waals surface area (Å²) in [6.07, 6.45) is 1.70. The summed E-state index contributed by atoms with van der Waals surface area (Å²) in [5.41, 5.74) is 1.71. The van der Waals surface area contributed by atoms with Crippen molar-refractivity contribution in [3.05, 3.63) is 68.7 Å². The molecule has 1 aromatic carbocycles. The molecule has 5 nitrogen and oxygen atoms in total. The highest BCUT2D eigenvalue weighted by Gasteiger charge is 2.21. The molecule has 0 fully saturated rings. The van der Waals surface area contributed by atoms with Crippen molar-refractivity contribution in [3.63, 3.8) is 0 Å². The predicted octanol–water partition coefficient (Wildman–Crippen LogP) is 3.33. The Kier molecular flexibility index (Phi) is 4.57. The van der Waals surface area contributed by atoms with Crippen LogP contribution in [0.4, 0.5) is 0 Å². The minimum absolute atomic E-state index is 0.153. The lowest BCUT2D eigenvalue weighted by Crippen LogP contribution is -2.21. The second kappa shape index (κ2) is 6.65. The molecular weight excluding hydrogens is 372 g/mol. The molecule has 0 bridgehead atoms. The Morgan fingerprint density at radius 1 is 1.25 bits per heavy atom. The van der Waals surface area contributed by atoms with Gasteiger partial charge in [-0.2, -0.15) is 0 Å². The molecule has 6 heteroatoms. The normalized spacial score (nSPS) is 11.0. The number of nitrogens with zero attached hydrogens (tertiary/aromatic N) is 2. The minimum atomic E-state index is -0.432. The highest BCUT2D eigenvalue weighted by molar-refractivity contribution is 9.10. The van der Waals surface area contributed by atoms with E-state index in [1.54, 1.807) is 30.8 Å². The zero-order chi connectivity index (χ0) is 17.3. The van der Waals surface area contributed by atoms with E-state index < -0.39 is 5.97 Å². The van der Waals surface area contributed by atoms with Crippen LogP contribution in [0.1, 0.15) is 23.0 Å². The van der Waals surface area contributed by atoms with Crippen LogP contribution in [0.15, 0.2) is 51.9 Å². The van der Waals surface area contributed by atoms with Crippen molar-refractivity contribution in [2.75, 3.05) is 6.61 Å². The third-order valence-corrected chi connectivity index (χ3v) is 4.48. The smallest absolute Gasteiger partial charge is 0.354 e. The number of esters is 1. The van der Waals surface area contributed by atoms with E-state index in [4.69, 9.17) is 4.74 Å². The van der Waals surface area contributed by atoms with Crippen LogP contribution in [-0.2, 0) is 18.3 Å². The highest BCUT2D eigenvalue weighted by Crippen LogP contribution is 2.26. The standard InChI is InChI=1S/C18H17BrN2O3/c1-3-24-18(23)15-9-13-14(19)11-20(2)17(22)16(13)21(15)10-12-7-5-4-6-8-12/h4-9,11H,3,10H2,1-2H3. The maximum Gasteiger partial charge on any atom is 0.354 e. The van der Waals surface area contributed by atoms with E-state index >= 15 is 0 Å². The Bertz CT molecular complexity index is 958. The summed E-state index contributed by atoms with van der Waals surface area (Å²) in [6, 6.07) is 11.4. The van der Waals surface area contributed by atoms with Gasteiger partial charge in [0.2, 0.25) is 0 Å². The van der Waals surface area contributed by atoms with Gasteiger partial charge in [0.1, 0.15) is 11.2 Å². The maximum absolute atomic E-state index is 12.7. The maximum atomic E-state index is 12.7. The SMILES string of the molecule is CCOC(=O)c1cc2c(Br)cn(C)c(=O)c2n1Cc1ccccc1. The van der Waals surface area contributed by atoms with Gasteiger partial charge < -0.3 is 13.9 Å². The van der Waals surface area contributed by atoms with Crippen LogP contribution in [0, 0.1) is 0 Å². The fourth-order valence-electron chi connectivity index (χ4n) is 2.73. The van der Waals surface area contributed by atoms with Gasteiger partial charge in [0.25, 0.3) is 5.56 Å². The van der Waals surface area contributed by atoms with E-state index in [0.29, 0.717) is 23.1 Å². The minimum Gasteiger partial charge on any atom is -0.461 e. The summed E-state index contributed by atoms with van der Waals surface area (Å²) in [6.45, 7) is 2.46. The van der Waals surface area contributed by atoms with Crippen molar-refractivity contribution in [1.29, 1.82) is 0 Å². The van der Waals surface area contributed by atoms with Crippen molar-refractivity contribution < 1.29 is 9.53 Å². The Labute approximate surface area is 147 Å². The second-order valence-corrected chi connectivity index (χ2v) is 6.33. The lowest BCUT2D eigenvalue weighted by atomic mass is 10.2. The zero-order valence-corrected chi connectivity index (χ0v) is 15.0. The molecule has 124 valence electrons. The quantitative estimate of drug-likeness (QED) is 0.644. The lowest BCUT2D eigenvalue weighted by molar-refractivity contribution is 0.0515. The average Bonchev–Trinajstić information content (AvgIpc) is 2.94. The number of carbonyl (C=O) groups excluding carboxylic acids is 1. The van der Waals surface area contributed by atoms with Crippen molar-refractivity contribution in [1.82, 2.24) is 9.13 Å². The molecule has 3 rings (SSSR count). The molecule has 0 aliphatic heterocycles. The number of fused-ring (bicyclic) bond motifs is 1. The number of hydrogen-bond donors (Lipinski definition) is 0. The molecule has 0 saturated heterocycles. The third-order valence-electron chi connectivity index (χ3n) is 3.85. The van der Waals surface area contributed by atoms with Crippen molar-refractivity contribution in [3.8, 4) is 0 Å². The largest absolute Gasteiger partial charge is 0.461 e. The van der Waals surface area contributed by atoms with Gasteiger partial charge in [-0.3, -0.25) is 4.79 Å². The number of pyridine rings is 1. The first kappa shape index (κ1) is 16.5. The summed E-state index contributed by atoms with van der Waals surface area (Å²) >= 11 is 3.48. The summed E-state index contributed by atoms with van der Waals surface area (Å²) in [5, 5.41) is 0.706. The second-order valence-electron chi connectivity index (χ2n) is 5.48. The number of halogens is 1. The van der Waals surface area contributed by atoms with E-state index in [0.717, 1.165) is 10.0 Å². The van der Waals surface area contributed by atoms with Crippen LogP contribution in [0.2, 0.25) is 0 Å². The first-order chi connectivity index (χ1) is 11.5. The number of carbonyl (C=O) groups is 1. The molecule has 24 heavy (non-hydrogen) atoms. The number of rotatable bonds is 4. The van der Waals surface area contributed by atoms with Gasteiger partial charge >= 0.3 is 5.97 Å². The summed E-state index contributed by atoms with van der Waals surface area (Å²) in [5.74, 6) is -0.432. The molecule has 0 atom stereocenters. The Morgan fingerprint density at radius 3 is 2.62 bits per heavy atom. The summed E-state index contributed by atoms with van der Waals surface area (Å²) in [7, 11) is 1.69. The molecular formula is C18H17BrN2O3. The summed E-state index contributed by atoms with van der Waals surface area (Å²) < 4.78 is 9.16. The van der Waals surface area contributed by atoms with Crippen LogP contribution < -0.4 is 5.56 Å². The Hall–Kier alpha value is -2.34. The molecule has 0 saturated carbocycles. The molecule has 2 heterocycles. The van der Waals surface area contributed by atoms with E-state index in [2.05, 4.69) is 15.9 Å². The van der Waals surface area contributed by atoms with Gasteiger partial charge in [0, 0.05) is 29.6 Å². The van der Waals surface area contributed by atoms with Gasteiger partial charge in [-0.15, -0.1) is 0 Å². The highest BCUT2D eigenvalue weighted by atomic mass is 79.9. The summed E-state index contributed by atoms with van der Waals surface area (Å²) in [4.78, 5) is 25.0. The number of hydrogen-bond acceptors (Lipinski definition) is 3. The molecule has 0 N–H and O–H groups in total. The fraction of sp³-hybridized carbons (Fsp3) is 0.222. The molecule has 0 amide bonds. The molecule has 2 aromatic heterocycles. The molecule has 0 aliphatic rings. The molecule has 0 unspecified atom stereocenters. The average molecular weight is 389 g/mol. The molecule has 3 aromatic rings. The van der Waals surface area contributed by atoms with Gasteiger partial charge in [0.05, 0.1) is 6.61 Å². The first-order valence-electron chi connectivity index (χ1n) is 7.62. The van der Waals surface area contributed by atoms with Crippen LogP contribution in [0.25, 0.3) is 10.9 Å². The van der Waals surface area contributed by atoms with E-state index in [-0.39, 0.29) is 12.2 Å². The van der Waals surface area contributed by atoms with Gasteiger partial charge in [-0.25, -0.2) is 4.79 Å². The molecule has 0 aliphatic carbocycles. The van der Waals surface area contributed by atoms with Crippen LogP contribution in [-0.4, -0.2) is 21.7 Å². The monoisotopic (exact) mass is 388 g/mol. The fourth-order valence-corrected chi connectivity index (χ4v) is 3.34. The van der Waals surface area contributed by atoms with E-state index in [9.17, 15) is 9.59 Å². The van der Waals surface area contributed by atoms with Gasteiger partial charge in [-0.05, 0) is 34.5 Å². The van der Waals surface area contributed by atoms with Crippen molar-refractivity contribution in [2.24, 2.45) is 7.05 Å². The van der Waals surface area contributed by atoms with Crippen LogP contribution in [0.5, 0.6) is 0 Å². The van der Waals surface area contributed by atoms with Crippen molar-refractivity contribution >= 4 is 32.8 Å². The number of benzene rings is 1.